The zero-order chi connectivity index (χ0) is 16.5. The van der Waals surface area contributed by atoms with Crippen LogP contribution in [0.25, 0.3) is 0 Å². The Kier molecular flexibility index (Phi) is 7.00. The van der Waals surface area contributed by atoms with E-state index in [1.54, 1.807) is 4.90 Å². The molecule has 1 saturated heterocycles. The van der Waals surface area contributed by atoms with Gasteiger partial charge in [-0.15, -0.1) is 0 Å². The normalized spacial score (nSPS) is 18.9. The summed E-state index contributed by atoms with van der Waals surface area (Å²) in [5.41, 5.74) is 5.40. The van der Waals surface area contributed by atoms with Gasteiger partial charge in [-0.05, 0) is 12.8 Å². The molecule has 0 bridgehead atoms. The van der Waals surface area contributed by atoms with Crippen LogP contribution in [0.1, 0.15) is 19.3 Å². The number of likely N-dealkylation sites (tertiary alicyclic amines) is 1. The first kappa shape index (κ1) is 17.6. The average molecular weight is 309 g/mol. The monoisotopic (exact) mass is 309 g/mol. The Bertz CT molecular complexity index is 454. The fourth-order valence-corrected chi connectivity index (χ4v) is 2.17. The van der Waals surface area contributed by atoms with Crippen LogP contribution < -0.4 is 16.4 Å². The van der Waals surface area contributed by atoms with Crippen LogP contribution in [-0.4, -0.2) is 60.9 Å². The van der Waals surface area contributed by atoms with Crippen LogP contribution in [0.4, 0.5) is 0 Å². The zero-order valence-corrected chi connectivity index (χ0v) is 12.1. The van der Waals surface area contributed by atoms with Gasteiger partial charge in [-0.3, -0.25) is 24.6 Å². The first-order chi connectivity index (χ1) is 10.5. The van der Waals surface area contributed by atoms with Gasteiger partial charge in [-0.1, -0.05) is 0 Å². The average Bonchev–Trinajstić information content (AvgIpc) is 2.52. The number of carbonyl (C=O) groups excluding carboxylic acids is 4. The number of hydrogen-bond donors (Lipinski definition) is 4. The van der Waals surface area contributed by atoms with Crippen LogP contribution in [0, 0.1) is 11.3 Å². The van der Waals surface area contributed by atoms with E-state index in [9.17, 15) is 19.2 Å². The lowest BCUT2D eigenvalue weighted by atomic mass is 9.97. The molecule has 1 unspecified atom stereocenters. The molecular weight excluding hydrogens is 290 g/mol. The summed E-state index contributed by atoms with van der Waals surface area (Å²) in [6, 6.07) is -1.05. The molecule has 9 heteroatoms. The summed E-state index contributed by atoms with van der Waals surface area (Å²) < 4.78 is 0. The number of guanidine groups is 1. The fraction of sp³-hybridized carbons (Fsp3) is 0.615. The Labute approximate surface area is 128 Å². The summed E-state index contributed by atoms with van der Waals surface area (Å²) in [5.74, 6) is -1.32. The summed E-state index contributed by atoms with van der Waals surface area (Å²) in [5, 5.41) is 12.1. The van der Waals surface area contributed by atoms with Crippen LogP contribution in [0.3, 0.4) is 0 Å². The van der Waals surface area contributed by atoms with Crippen molar-refractivity contribution in [2.24, 2.45) is 11.7 Å². The highest BCUT2D eigenvalue weighted by Gasteiger charge is 2.26. The summed E-state index contributed by atoms with van der Waals surface area (Å²) in [7, 11) is 0. The van der Waals surface area contributed by atoms with Gasteiger partial charge in [-0.25, -0.2) is 0 Å². The fourth-order valence-electron chi connectivity index (χ4n) is 2.17. The molecule has 0 saturated carbocycles. The van der Waals surface area contributed by atoms with Crippen molar-refractivity contribution in [2.75, 3.05) is 19.6 Å². The minimum absolute atomic E-state index is 0.0790. The number of amides is 2. The maximum atomic E-state index is 12.0. The predicted molar refractivity (Wildman–Crippen MR) is 77.2 cm³/mol. The smallest absolute Gasteiger partial charge is 0.240 e. The van der Waals surface area contributed by atoms with Gasteiger partial charge >= 0.3 is 0 Å². The Balaban J connectivity index is 2.38. The van der Waals surface area contributed by atoms with E-state index in [0.717, 1.165) is 6.42 Å². The summed E-state index contributed by atoms with van der Waals surface area (Å²) >= 11 is 0. The maximum Gasteiger partial charge on any atom is 0.240 e. The third kappa shape index (κ3) is 5.51. The molecule has 120 valence electrons. The predicted octanol–water partition coefficient (Wildman–Crippen LogP) is -2.20. The molecule has 2 amide bonds. The molecule has 1 fully saturated rings. The van der Waals surface area contributed by atoms with Gasteiger partial charge in [-0.2, -0.15) is 0 Å². The zero-order valence-electron chi connectivity index (χ0n) is 12.1. The number of rotatable bonds is 7. The first-order valence-corrected chi connectivity index (χ1v) is 6.86. The maximum absolute atomic E-state index is 12.0. The van der Waals surface area contributed by atoms with Gasteiger partial charge in [0, 0.05) is 19.5 Å². The lowest BCUT2D eigenvalue weighted by molar-refractivity contribution is -0.129. The number of nitrogens with two attached hydrogens (primary N) is 1. The van der Waals surface area contributed by atoms with E-state index in [-0.39, 0.29) is 30.8 Å². The van der Waals surface area contributed by atoms with Crippen LogP contribution in [0.2, 0.25) is 0 Å². The SMILES string of the molecule is N=C(N)N1CCCC(C(=O)NCC(=O)N[C@H]([C]=O)C[C]=O)C1. The van der Waals surface area contributed by atoms with E-state index in [2.05, 4.69) is 10.6 Å². The highest BCUT2D eigenvalue weighted by atomic mass is 16.2. The van der Waals surface area contributed by atoms with E-state index in [4.69, 9.17) is 11.1 Å². The number of hydrogen-bond acceptors (Lipinski definition) is 5. The lowest BCUT2D eigenvalue weighted by Gasteiger charge is -2.32. The molecular formula is C13H19N5O4. The van der Waals surface area contributed by atoms with Crippen molar-refractivity contribution in [2.45, 2.75) is 25.3 Å². The molecule has 5 N–H and O–H groups in total. The van der Waals surface area contributed by atoms with E-state index in [1.807, 2.05) is 0 Å². The van der Waals surface area contributed by atoms with E-state index in [0.29, 0.717) is 19.5 Å². The molecule has 0 aromatic rings. The Morgan fingerprint density at radius 2 is 2.14 bits per heavy atom. The number of piperidine rings is 1. The molecule has 0 spiro atoms. The van der Waals surface area contributed by atoms with Crippen LogP contribution in [0.15, 0.2) is 0 Å². The Morgan fingerprint density at radius 1 is 1.41 bits per heavy atom. The second-order valence-electron chi connectivity index (χ2n) is 4.97. The van der Waals surface area contributed by atoms with Gasteiger partial charge < -0.3 is 21.3 Å². The quantitative estimate of drug-likeness (QED) is 0.310. The molecule has 2 atom stereocenters. The van der Waals surface area contributed by atoms with Crippen LogP contribution >= 0.6 is 0 Å². The van der Waals surface area contributed by atoms with Crippen molar-refractivity contribution < 1.29 is 19.2 Å². The van der Waals surface area contributed by atoms with Crippen LogP contribution in [0.5, 0.6) is 0 Å². The minimum Gasteiger partial charge on any atom is -0.370 e. The van der Waals surface area contributed by atoms with Gasteiger partial charge in [0.2, 0.25) is 24.4 Å². The number of carbonyl (C=O) groups is 2. The molecule has 2 radical (unpaired) electrons. The second-order valence-corrected chi connectivity index (χ2v) is 4.97. The minimum atomic E-state index is -1.05. The topological polar surface area (TPSA) is 145 Å². The highest BCUT2D eigenvalue weighted by molar-refractivity contribution is 5.88. The number of nitrogens with one attached hydrogen (secondary N) is 3. The third-order valence-electron chi connectivity index (χ3n) is 3.32. The molecule has 9 nitrogen and oxygen atoms in total. The standard InChI is InChI=1S/C13H19N5O4/c14-13(15)18-4-1-2-9(7-18)12(22)16-6-11(21)17-10(8-20)3-5-19/h9-10H,1-4,6-7H2,(H3,14,15)(H,16,22)(H,17,21)/t9?,10-/m0/s1. The van der Waals surface area contributed by atoms with Crippen molar-refractivity contribution in [1.82, 2.24) is 15.5 Å². The molecule has 0 aromatic carbocycles. The largest absolute Gasteiger partial charge is 0.370 e. The van der Waals surface area contributed by atoms with Gasteiger partial charge in [0.15, 0.2) is 5.96 Å². The first-order valence-electron chi connectivity index (χ1n) is 6.86. The van der Waals surface area contributed by atoms with E-state index >= 15 is 0 Å². The van der Waals surface area contributed by atoms with E-state index in [1.165, 1.54) is 12.6 Å². The van der Waals surface area contributed by atoms with Crippen LogP contribution in [-0.2, 0) is 19.2 Å². The third-order valence-corrected chi connectivity index (χ3v) is 3.32. The van der Waals surface area contributed by atoms with Crippen molar-refractivity contribution in [3.05, 3.63) is 0 Å². The molecule has 0 aliphatic carbocycles. The van der Waals surface area contributed by atoms with Gasteiger partial charge in [0.1, 0.15) is 6.04 Å². The summed E-state index contributed by atoms with van der Waals surface area (Å²) in [6.45, 7) is 0.679. The van der Waals surface area contributed by atoms with Gasteiger partial charge in [0.05, 0.1) is 12.5 Å². The Hall–Kier alpha value is -2.45. The summed E-state index contributed by atoms with van der Waals surface area (Å²) in [6.07, 6.45) is 4.12. The molecule has 0 aromatic heterocycles. The Morgan fingerprint density at radius 3 is 2.73 bits per heavy atom. The van der Waals surface area contributed by atoms with Gasteiger partial charge in [0.25, 0.3) is 0 Å². The highest BCUT2D eigenvalue weighted by Crippen LogP contribution is 2.15. The van der Waals surface area contributed by atoms with Crippen molar-refractivity contribution in [3.8, 4) is 0 Å². The molecule has 1 heterocycles. The lowest BCUT2D eigenvalue weighted by Crippen LogP contribution is -2.49. The van der Waals surface area contributed by atoms with Crippen molar-refractivity contribution >= 4 is 30.3 Å². The molecule has 1 aliphatic heterocycles. The van der Waals surface area contributed by atoms with E-state index < -0.39 is 11.9 Å². The molecule has 1 rings (SSSR count). The molecule has 1 aliphatic rings. The summed E-state index contributed by atoms with van der Waals surface area (Å²) in [4.78, 5) is 45.8. The number of nitrogens with zero attached hydrogens (tertiary/aromatic N) is 1. The second kappa shape index (κ2) is 8.75. The molecule has 22 heavy (non-hydrogen) atoms. The van der Waals surface area contributed by atoms with Crippen molar-refractivity contribution in [3.63, 3.8) is 0 Å². The van der Waals surface area contributed by atoms with Crippen molar-refractivity contribution in [1.29, 1.82) is 5.41 Å².